The summed E-state index contributed by atoms with van der Waals surface area (Å²) >= 11 is 3.28. The fourth-order valence-corrected chi connectivity index (χ4v) is 2.27. The number of nitrogens with zero attached hydrogens (tertiary/aromatic N) is 1. The molecule has 1 aromatic carbocycles. The van der Waals surface area contributed by atoms with Crippen LogP contribution in [0.2, 0.25) is 0 Å². The van der Waals surface area contributed by atoms with Gasteiger partial charge in [-0.3, -0.25) is 9.59 Å². The van der Waals surface area contributed by atoms with Crippen LogP contribution in [0.25, 0.3) is 0 Å². The number of methoxy groups -OCH3 is 1. The van der Waals surface area contributed by atoms with Crippen LogP contribution in [0.3, 0.4) is 0 Å². The molecule has 20 heavy (non-hydrogen) atoms. The lowest BCUT2D eigenvalue weighted by Gasteiger charge is -2.10. The van der Waals surface area contributed by atoms with E-state index in [1.165, 1.54) is 17.7 Å². The van der Waals surface area contributed by atoms with Gasteiger partial charge in [0.1, 0.15) is 5.75 Å². The minimum Gasteiger partial charge on any atom is -0.496 e. The minimum absolute atomic E-state index is 0.0162. The summed E-state index contributed by atoms with van der Waals surface area (Å²) in [5, 5.41) is 0. The predicted molar refractivity (Wildman–Crippen MR) is 80.5 cm³/mol. The van der Waals surface area contributed by atoms with Crippen molar-refractivity contribution in [2.24, 2.45) is 0 Å². The standard InChI is InChI=1S/C15H14BrNO3/c1-10-3-5-12(14(7-10)20-2)13(18)9-17-8-11(16)4-6-15(17)19/h3-8H,9H2,1-2H3. The zero-order chi connectivity index (χ0) is 14.7. The van der Waals surface area contributed by atoms with Crippen LogP contribution in [-0.4, -0.2) is 17.5 Å². The Labute approximate surface area is 125 Å². The largest absolute Gasteiger partial charge is 0.496 e. The summed E-state index contributed by atoms with van der Waals surface area (Å²) in [6.07, 6.45) is 1.60. The highest BCUT2D eigenvalue weighted by atomic mass is 79.9. The lowest BCUT2D eigenvalue weighted by Crippen LogP contribution is -2.23. The second-order valence-corrected chi connectivity index (χ2v) is 5.36. The van der Waals surface area contributed by atoms with Gasteiger partial charge in [-0.2, -0.15) is 0 Å². The van der Waals surface area contributed by atoms with E-state index in [-0.39, 0.29) is 17.9 Å². The summed E-state index contributed by atoms with van der Waals surface area (Å²) in [5.41, 5.74) is 1.27. The van der Waals surface area contributed by atoms with Gasteiger partial charge >= 0.3 is 0 Å². The van der Waals surface area contributed by atoms with Crippen molar-refractivity contribution < 1.29 is 9.53 Å². The maximum absolute atomic E-state index is 12.3. The first-order valence-electron chi connectivity index (χ1n) is 6.05. The number of aromatic nitrogens is 1. The van der Waals surface area contributed by atoms with Gasteiger partial charge in [0, 0.05) is 16.7 Å². The molecule has 0 aliphatic heterocycles. The fraction of sp³-hybridized carbons (Fsp3) is 0.200. The summed E-state index contributed by atoms with van der Waals surface area (Å²) in [6, 6.07) is 8.44. The lowest BCUT2D eigenvalue weighted by molar-refractivity contribution is 0.0968. The predicted octanol–water partition coefficient (Wildman–Crippen LogP) is 2.81. The number of benzene rings is 1. The molecule has 0 saturated carbocycles. The quantitative estimate of drug-likeness (QED) is 0.807. The molecule has 0 radical (unpaired) electrons. The van der Waals surface area contributed by atoms with Gasteiger partial charge in [0.2, 0.25) is 0 Å². The number of ether oxygens (including phenoxy) is 1. The molecule has 0 bridgehead atoms. The van der Waals surface area contributed by atoms with Crippen LogP contribution < -0.4 is 10.3 Å². The molecule has 0 amide bonds. The van der Waals surface area contributed by atoms with Crippen LogP contribution >= 0.6 is 15.9 Å². The number of ketones is 1. The molecule has 0 atom stereocenters. The van der Waals surface area contributed by atoms with E-state index >= 15 is 0 Å². The van der Waals surface area contributed by atoms with Gasteiger partial charge in [-0.1, -0.05) is 6.07 Å². The number of Topliss-reactive ketones (excluding diaryl/α,β-unsaturated/α-hetero) is 1. The monoisotopic (exact) mass is 335 g/mol. The van der Waals surface area contributed by atoms with E-state index in [2.05, 4.69) is 15.9 Å². The molecule has 1 heterocycles. The van der Waals surface area contributed by atoms with Crippen molar-refractivity contribution >= 4 is 21.7 Å². The molecule has 0 aliphatic rings. The summed E-state index contributed by atoms with van der Waals surface area (Å²) < 4.78 is 7.34. The van der Waals surface area contributed by atoms with Gasteiger partial charge in [-0.15, -0.1) is 0 Å². The zero-order valence-corrected chi connectivity index (χ0v) is 12.8. The van der Waals surface area contributed by atoms with Crippen LogP contribution in [0.15, 0.2) is 45.8 Å². The Morgan fingerprint density at radius 3 is 2.75 bits per heavy atom. The van der Waals surface area contributed by atoms with Gasteiger partial charge in [0.15, 0.2) is 5.78 Å². The number of hydrogen-bond acceptors (Lipinski definition) is 3. The van der Waals surface area contributed by atoms with E-state index in [4.69, 9.17) is 4.74 Å². The van der Waals surface area contributed by atoms with E-state index < -0.39 is 0 Å². The highest BCUT2D eigenvalue weighted by Gasteiger charge is 2.13. The van der Waals surface area contributed by atoms with Crippen molar-refractivity contribution in [2.45, 2.75) is 13.5 Å². The smallest absolute Gasteiger partial charge is 0.251 e. The van der Waals surface area contributed by atoms with Gasteiger partial charge in [0.25, 0.3) is 5.56 Å². The summed E-state index contributed by atoms with van der Waals surface area (Å²) in [6.45, 7) is 1.91. The van der Waals surface area contributed by atoms with Crippen molar-refractivity contribution in [1.29, 1.82) is 0 Å². The molecular formula is C15H14BrNO3. The zero-order valence-electron chi connectivity index (χ0n) is 11.2. The van der Waals surface area contributed by atoms with Crippen LogP contribution in [0.1, 0.15) is 15.9 Å². The fourth-order valence-electron chi connectivity index (χ4n) is 1.89. The maximum Gasteiger partial charge on any atom is 0.251 e. The Balaban J connectivity index is 2.33. The van der Waals surface area contributed by atoms with Gasteiger partial charge in [-0.25, -0.2) is 0 Å². The summed E-state index contributed by atoms with van der Waals surface area (Å²) in [5.74, 6) is 0.361. The molecule has 0 aliphatic carbocycles. The van der Waals surface area contributed by atoms with Crippen LogP contribution in [0.5, 0.6) is 5.75 Å². The average molecular weight is 336 g/mol. The molecule has 5 heteroatoms. The summed E-state index contributed by atoms with van der Waals surface area (Å²) in [7, 11) is 1.52. The van der Waals surface area contributed by atoms with Crippen LogP contribution in [0.4, 0.5) is 0 Å². The van der Waals surface area contributed by atoms with Crippen molar-refractivity contribution in [2.75, 3.05) is 7.11 Å². The van der Waals surface area contributed by atoms with E-state index in [1.807, 2.05) is 13.0 Å². The number of carbonyl (C=O) groups excluding carboxylic acids is 1. The molecule has 0 unspecified atom stereocenters. The number of rotatable bonds is 4. The SMILES string of the molecule is COc1cc(C)ccc1C(=O)Cn1cc(Br)ccc1=O. The Morgan fingerprint density at radius 1 is 1.30 bits per heavy atom. The van der Waals surface area contributed by atoms with Crippen molar-refractivity contribution in [3.8, 4) is 5.75 Å². The first kappa shape index (κ1) is 14.5. The number of hydrogen-bond donors (Lipinski definition) is 0. The average Bonchev–Trinajstić information content (AvgIpc) is 2.42. The molecule has 0 saturated heterocycles. The third-order valence-corrected chi connectivity index (χ3v) is 3.39. The molecular weight excluding hydrogens is 322 g/mol. The number of aryl methyl sites for hydroxylation is 1. The van der Waals surface area contributed by atoms with Crippen molar-refractivity contribution in [1.82, 2.24) is 4.57 Å². The van der Waals surface area contributed by atoms with Crippen molar-refractivity contribution in [3.63, 3.8) is 0 Å². The number of halogens is 1. The molecule has 104 valence electrons. The van der Waals surface area contributed by atoms with Crippen LogP contribution in [-0.2, 0) is 6.54 Å². The van der Waals surface area contributed by atoms with E-state index in [0.717, 1.165) is 10.0 Å². The molecule has 0 spiro atoms. The van der Waals surface area contributed by atoms with E-state index in [0.29, 0.717) is 11.3 Å². The molecule has 0 N–H and O–H groups in total. The highest BCUT2D eigenvalue weighted by Crippen LogP contribution is 2.20. The third-order valence-electron chi connectivity index (χ3n) is 2.92. The molecule has 2 aromatic rings. The first-order chi connectivity index (χ1) is 9.51. The van der Waals surface area contributed by atoms with Gasteiger partial charge < -0.3 is 9.30 Å². The van der Waals surface area contributed by atoms with E-state index in [1.54, 1.807) is 24.4 Å². The number of pyridine rings is 1. The normalized spacial score (nSPS) is 10.3. The lowest BCUT2D eigenvalue weighted by atomic mass is 10.1. The molecule has 4 nitrogen and oxygen atoms in total. The summed E-state index contributed by atoms with van der Waals surface area (Å²) in [4.78, 5) is 24.0. The highest BCUT2D eigenvalue weighted by molar-refractivity contribution is 9.10. The topological polar surface area (TPSA) is 48.3 Å². The van der Waals surface area contributed by atoms with Crippen molar-refractivity contribution in [3.05, 3.63) is 62.5 Å². The third kappa shape index (κ3) is 3.17. The Hall–Kier alpha value is -1.88. The van der Waals surface area contributed by atoms with Gasteiger partial charge in [0.05, 0.1) is 19.2 Å². The molecule has 2 rings (SSSR count). The first-order valence-corrected chi connectivity index (χ1v) is 6.84. The Kier molecular flexibility index (Phi) is 4.39. The maximum atomic E-state index is 12.3. The molecule has 1 aromatic heterocycles. The number of carbonyl (C=O) groups is 1. The van der Waals surface area contributed by atoms with Gasteiger partial charge in [-0.05, 0) is 46.6 Å². The second kappa shape index (κ2) is 6.05. The minimum atomic E-state index is -0.215. The molecule has 0 fully saturated rings. The Morgan fingerprint density at radius 2 is 2.05 bits per heavy atom. The van der Waals surface area contributed by atoms with E-state index in [9.17, 15) is 9.59 Å². The Bertz CT molecular complexity index is 707. The second-order valence-electron chi connectivity index (χ2n) is 4.44. The van der Waals surface area contributed by atoms with Crippen LogP contribution in [0, 0.1) is 6.92 Å².